The zero-order valence-corrected chi connectivity index (χ0v) is 10.3. The molecule has 2 fully saturated rings. The molecule has 20 heavy (non-hydrogen) atoms. The number of rotatable bonds is 3. The summed E-state index contributed by atoms with van der Waals surface area (Å²) in [7, 11) is 0. The van der Waals surface area contributed by atoms with Crippen LogP contribution in [-0.2, 0) is 18.9 Å². The first-order chi connectivity index (χ1) is 9.43. The Morgan fingerprint density at radius 1 is 0.900 bits per heavy atom. The van der Waals surface area contributed by atoms with Gasteiger partial charge in [-0.05, 0) is 0 Å². The molecule has 6 N–H and O–H groups in total. The first kappa shape index (κ1) is 16.0. The molecule has 4 unspecified atom stereocenters. The van der Waals surface area contributed by atoms with Gasteiger partial charge in [0, 0.05) is 0 Å². The van der Waals surface area contributed by atoms with Gasteiger partial charge in [-0.15, -0.1) is 0 Å². The zero-order chi connectivity index (χ0) is 14.9. The predicted molar refractivity (Wildman–Crippen MR) is 57.7 cm³/mol. The number of hydrogen-bond acceptors (Lipinski definition) is 10. The van der Waals surface area contributed by atoms with Gasteiger partial charge in [-0.25, -0.2) is 0 Å². The van der Waals surface area contributed by atoms with Gasteiger partial charge in [0.25, 0.3) is 0 Å². The maximum absolute atomic E-state index is 10.1. The lowest BCUT2D eigenvalue weighted by molar-refractivity contribution is -0.372. The maximum Gasteiger partial charge on any atom is 0.207 e. The molecule has 0 aromatic carbocycles. The van der Waals surface area contributed by atoms with Crippen molar-refractivity contribution in [1.29, 1.82) is 0 Å². The van der Waals surface area contributed by atoms with Crippen molar-refractivity contribution in [2.45, 2.75) is 49.6 Å². The minimum absolute atomic E-state index is 0.240. The molecular formula is C10H18O10. The van der Waals surface area contributed by atoms with E-state index in [2.05, 4.69) is 0 Å². The van der Waals surface area contributed by atoms with Crippen molar-refractivity contribution < 1.29 is 49.6 Å². The summed E-state index contributed by atoms with van der Waals surface area (Å²) in [5.74, 6) is 0. The average Bonchev–Trinajstić information content (AvgIpc) is 2.43. The highest BCUT2D eigenvalue weighted by atomic mass is 16.7. The first-order valence-corrected chi connectivity index (χ1v) is 6.03. The average molecular weight is 298 g/mol. The van der Waals surface area contributed by atoms with Crippen LogP contribution in [0.3, 0.4) is 0 Å². The van der Waals surface area contributed by atoms with Crippen LogP contribution in [0.5, 0.6) is 0 Å². The van der Waals surface area contributed by atoms with Crippen molar-refractivity contribution in [3.63, 3.8) is 0 Å². The van der Waals surface area contributed by atoms with Gasteiger partial charge >= 0.3 is 0 Å². The van der Waals surface area contributed by atoms with Crippen molar-refractivity contribution in [3.8, 4) is 0 Å². The fourth-order valence-electron chi connectivity index (χ4n) is 2.04. The van der Waals surface area contributed by atoms with Gasteiger partial charge < -0.3 is 49.6 Å². The molecule has 0 bridgehead atoms. The molecule has 0 aliphatic carbocycles. The molecule has 8 atom stereocenters. The van der Waals surface area contributed by atoms with E-state index in [4.69, 9.17) is 29.2 Å². The Hall–Kier alpha value is -0.400. The molecule has 2 rings (SSSR count). The van der Waals surface area contributed by atoms with Gasteiger partial charge in [0.2, 0.25) is 25.2 Å². The lowest BCUT2D eigenvalue weighted by Gasteiger charge is -2.42. The monoisotopic (exact) mass is 298 g/mol. The van der Waals surface area contributed by atoms with E-state index in [1.165, 1.54) is 0 Å². The molecular weight excluding hydrogens is 280 g/mol. The van der Waals surface area contributed by atoms with E-state index in [1.807, 2.05) is 0 Å². The minimum Gasteiger partial charge on any atom is -0.394 e. The normalized spacial score (nSPS) is 48.0. The van der Waals surface area contributed by atoms with Gasteiger partial charge in [-0.3, -0.25) is 0 Å². The summed E-state index contributed by atoms with van der Waals surface area (Å²) >= 11 is 0. The summed E-state index contributed by atoms with van der Waals surface area (Å²) in [5, 5.41) is 56.2. The van der Waals surface area contributed by atoms with Gasteiger partial charge in [-0.1, -0.05) is 0 Å². The molecule has 2 aliphatic heterocycles. The van der Waals surface area contributed by atoms with E-state index in [0.717, 1.165) is 0 Å². The molecule has 2 heterocycles. The van der Waals surface area contributed by atoms with Crippen LogP contribution < -0.4 is 0 Å². The van der Waals surface area contributed by atoms with Crippen LogP contribution in [0, 0.1) is 0 Å². The van der Waals surface area contributed by atoms with E-state index < -0.39 is 56.2 Å². The second-order valence-electron chi connectivity index (χ2n) is 4.52. The Kier molecular flexibility index (Phi) is 5.25. The summed E-state index contributed by atoms with van der Waals surface area (Å²) in [6.45, 7) is -0.819. The second kappa shape index (κ2) is 6.58. The molecule has 0 amide bonds. The smallest absolute Gasteiger partial charge is 0.207 e. The van der Waals surface area contributed by atoms with E-state index in [0.29, 0.717) is 0 Å². The summed E-state index contributed by atoms with van der Waals surface area (Å²) in [5.41, 5.74) is 0. The topological polar surface area (TPSA) is 158 Å². The van der Waals surface area contributed by atoms with Gasteiger partial charge in [0.05, 0.1) is 13.2 Å². The highest BCUT2D eigenvalue weighted by Gasteiger charge is 2.45. The Bertz CT molecular complexity index is 314. The summed E-state index contributed by atoms with van der Waals surface area (Å²) in [6.07, 6.45) is -11.3. The largest absolute Gasteiger partial charge is 0.394 e. The van der Waals surface area contributed by atoms with Crippen molar-refractivity contribution in [2.75, 3.05) is 13.2 Å². The molecule has 0 saturated carbocycles. The molecule has 10 nitrogen and oxygen atoms in total. The maximum atomic E-state index is 10.1. The number of hydrogen-bond donors (Lipinski definition) is 6. The van der Waals surface area contributed by atoms with Crippen molar-refractivity contribution in [1.82, 2.24) is 0 Å². The third kappa shape index (κ3) is 3.26. The predicted octanol–water partition coefficient (Wildman–Crippen LogP) is -4.19. The third-order valence-electron chi connectivity index (χ3n) is 3.11. The van der Waals surface area contributed by atoms with Crippen molar-refractivity contribution in [3.05, 3.63) is 0 Å². The Morgan fingerprint density at radius 2 is 1.50 bits per heavy atom. The fraction of sp³-hybridized carbons (Fsp3) is 1.00. The minimum atomic E-state index is -1.70. The van der Waals surface area contributed by atoms with Crippen LogP contribution in [0.1, 0.15) is 0 Å². The lowest BCUT2D eigenvalue weighted by atomic mass is 10.0. The Labute approximate surface area is 113 Å². The molecule has 0 aromatic rings. The van der Waals surface area contributed by atoms with Gasteiger partial charge in [-0.2, -0.15) is 0 Å². The molecule has 0 aromatic heterocycles. The van der Waals surface area contributed by atoms with Crippen molar-refractivity contribution in [2.24, 2.45) is 0 Å². The van der Waals surface area contributed by atoms with Crippen LogP contribution in [0.2, 0.25) is 0 Å². The lowest BCUT2D eigenvalue weighted by Crippen LogP contribution is -2.60. The molecule has 2 aliphatic rings. The summed E-state index contributed by atoms with van der Waals surface area (Å²) in [4.78, 5) is 0. The van der Waals surface area contributed by atoms with Crippen LogP contribution in [0.25, 0.3) is 0 Å². The Morgan fingerprint density at radius 3 is 2.10 bits per heavy atom. The van der Waals surface area contributed by atoms with E-state index in [1.54, 1.807) is 0 Å². The van der Waals surface area contributed by atoms with E-state index in [-0.39, 0.29) is 6.61 Å². The first-order valence-electron chi connectivity index (χ1n) is 6.03. The highest BCUT2D eigenvalue weighted by Crippen LogP contribution is 2.25. The molecule has 10 heteroatoms. The number of ether oxygens (including phenoxy) is 4. The molecule has 118 valence electrons. The third-order valence-corrected chi connectivity index (χ3v) is 3.11. The number of aliphatic hydroxyl groups excluding tert-OH is 6. The SMILES string of the molecule is OC[C@H]1OC(O)C(O)O[C@@H]1[C@H](O)[C@@H]1COC(O)C(O)O1. The van der Waals surface area contributed by atoms with E-state index >= 15 is 0 Å². The van der Waals surface area contributed by atoms with Gasteiger partial charge in [0.15, 0.2) is 0 Å². The molecule has 0 spiro atoms. The van der Waals surface area contributed by atoms with Crippen molar-refractivity contribution >= 4 is 0 Å². The van der Waals surface area contributed by atoms with Crippen LogP contribution in [0.15, 0.2) is 0 Å². The zero-order valence-electron chi connectivity index (χ0n) is 10.3. The van der Waals surface area contributed by atoms with Crippen LogP contribution in [0.4, 0.5) is 0 Å². The van der Waals surface area contributed by atoms with Gasteiger partial charge in [0.1, 0.15) is 24.4 Å². The molecule has 2 saturated heterocycles. The number of aliphatic hydroxyl groups is 6. The highest BCUT2D eigenvalue weighted by molar-refractivity contribution is 4.88. The van der Waals surface area contributed by atoms with Crippen LogP contribution >= 0.6 is 0 Å². The molecule has 0 radical (unpaired) electrons. The summed E-state index contributed by atoms with van der Waals surface area (Å²) < 4.78 is 19.6. The fourth-order valence-corrected chi connectivity index (χ4v) is 2.04. The second-order valence-corrected chi connectivity index (χ2v) is 4.52. The van der Waals surface area contributed by atoms with E-state index in [9.17, 15) is 20.4 Å². The summed E-state index contributed by atoms with van der Waals surface area (Å²) in [6, 6.07) is 0. The van der Waals surface area contributed by atoms with Crippen LogP contribution in [-0.4, -0.2) is 93.4 Å². The quantitative estimate of drug-likeness (QED) is 0.302. The Balaban J connectivity index is 2.01. The standard InChI is InChI=1S/C10H18O10/c11-1-3-6(20-10(16)9(15)18-3)5(12)4-2-17-7(13)8(14)19-4/h3-16H,1-2H2/t3-,4+,5-,6+,7?,8?,9?,10?/m1/s1.